The molecule has 1 aromatic rings. The van der Waals surface area contributed by atoms with Crippen molar-refractivity contribution in [3.05, 3.63) is 28.2 Å². The van der Waals surface area contributed by atoms with Crippen LogP contribution in [0.1, 0.15) is 6.92 Å². The fourth-order valence-corrected chi connectivity index (χ4v) is 1.33. The van der Waals surface area contributed by atoms with Crippen LogP contribution in [-0.4, -0.2) is 18.4 Å². The van der Waals surface area contributed by atoms with E-state index in [1.54, 1.807) is 0 Å². The molecule has 1 rings (SSSR count). The van der Waals surface area contributed by atoms with Gasteiger partial charge < -0.3 is 10.6 Å². The van der Waals surface area contributed by atoms with Gasteiger partial charge in [-0.15, -0.1) is 0 Å². The Bertz CT molecular complexity index is 466. The first kappa shape index (κ1) is 13.6. The summed E-state index contributed by atoms with van der Waals surface area (Å²) in [4.78, 5) is 21.8. The highest BCUT2D eigenvalue weighted by Gasteiger charge is 2.11. The zero-order chi connectivity index (χ0) is 13.0. The van der Waals surface area contributed by atoms with E-state index in [1.807, 2.05) is 0 Å². The topological polar surface area (TPSA) is 58.2 Å². The van der Waals surface area contributed by atoms with Gasteiger partial charge in [-0.2, -0.15) is 0 Å². The van der Waals surface area contributed by atoms with Crippen molar-refractivity contribution in [2.75, 3.05) is 11.9 Å². The number of anilines is 1. The quantitative estimate of drug-likeness (QED) is 0.837. The van der Waals surface area contributed by atoms with Crippen molar-refractivity contribution in [3.8, 4) is 0 Å². The van der Waals surface area contributed by atoms with Crippen molar-refractivity contribution in [1.29, 1.82) is 0 Å². The molecule has 0 saturated heterocycles. The van der Waals surface area contributed by atoms with Crippen molar-refractivity contribution in [1.82, 2.24) is 5.32 Å². The van der Waals surface area contributed by atoms with Gasteiger partial charge in [0, 0.05) is 13.0 Å². The third-order valence-electron chi connectivity index (χ3n) is 1.78. The minimum Gasteiger partial charge on any atom is -0.347 e. The maximum atomic E-state index is 13.3. The van der Waals surface area contributed by atoms with Gasteiger partial charge in [-0.3, -0.25) is 9.59 Å². The van der Waals surface area contributed by atoms with E-state index >= 15 is 0 Å². The molecule has 0 atom stereocenters. The maximum absolute atomic E-state index is 13.3. The van der Waals surface area contributed by atoms with Crippen molar-refractivity contribution >= 4 is 33.4 Å². The number of carbonyl (C=O) groups is 2. The van der Waals surface area contributed by atoms with Gasteiger partial charge in [-0.05, 0) is 22.0 Å². The summed E-state index contributed by atoms with van der Waals surface area (Å²) in [6, 6.07) is 1.76. The second kappa shape index (κ2) is 5.72. The van der Waals surface area contributed by atoms with Crippen molar-refractivity contribution in [2.24, 2.45) is 0 Å². The van der Waals surface area contributed by atoms with E-state index in [0.717, 1.165) is 12.1 Å². The molecule has 2 amide bonds. The van der Waals surface area contributed by atoms with Crippen LogP contribution in [0.15, 0.2) is 16.6 Å². The summed E-state index contributed by atoms with van der Waals surface area (Å²) < 4.78 is 26.3. The molecule has 0 aliphatic heterocycles. The second-order valence-corrected chi connectivity index (χ2v) is 4.06. The number of hydrogen-bond acceptors (Lipinski definition) is 2. The summed E-state index contributed by atoms with van der Waals surface area (Å²) in [5, 5.41) is 4.38. The molecule has 0 bridgehead atoms. The number of amides is 2. The molecule has 0 spiro atoms. The summed E-state index contributed by atoms with van der Waals surface area (Å²) in [5.41, 5.74) is -0.277. The van der Waals surface area contributed by atoms with Gasteiger partial charge in [-0.25, -0.2) is 8.78 Å². The van der Waals surface area contributed by atoms with E-state index in [0.29, 0.717) is 0 Å². The Morgan fingerprint density at radius 2 is 1.94 bits per heavy atom. The Morgan fingerprint density at radius 3 is 2.53 bits per heavy atom. The van der Waals surface area contributed by atoms with E-state index in [4.69, 9.17) is 0 Å². The van der Waals surface area contributed by atoms with Crippen LogP contribution >= 0.6 is 15.9 Å². The van der Waals surface area contributed by atoms with Gasteiger partial charge >= 0.3 is 0 Å². The van der Waals surface area contributed by atoms with E-state index in [1.165, 1.54) is 6.92 Å². The highest BCUT2D eigenvalue weighted by Crippen LogP contribution is 2.23. The minimum absolute atomic E-state index is 0.0325. The average Bonchev–Trinajstić information content (AvgIpc) is 2.23. The number of rotatable bonds is 3. The van der Waals surface area contributed by atoms with Gasteiger partial charge in [0.25, 0.3) is 0 Å². The van der Waals surface area contributed by atoms with Crippen LogP contribution < -0.4 is 10.6 Å². The molecular weight excluding hydrogens is 298 g/mol. The molecule has 4 nitrogen and oxygen atoms in total. The molecular formula is C10H9BrF2N2O2. The highest BCUT2D eigenvalue weighted by molar-refractivity contribution is 9.10. The molecule has 0 radical (unpaired) electrons. The third kappa shape index (κ3) is 4.10. The van der Waals surface area contributed by atoms with Crippen LogP contribution in [0.5, 0.6) is 0 Å². The van der Waals surface area contributed by atoms with Crippen LogP contribution in [0.4, 0.5) is 14.5 Å². The fraction of sp³-hybridized carbons (Fsp3) is 0.200. The van der Waals surface area contributed by atoms with E-state index in [2.05, 4.69) is 26.6 Å². The zero-order valence-electron chi connectivity index (χ0n) is 8.81. The smallest absolute Gasteiger partial charge is 0.243 e. The maximum Gasteiger partial charge on any atom is 0.243 e. The standard InChI is InChI=1S/C10H9BrF2N2O2/c1-5(16)14-4-10(17)15-9-3-7(12)6(11)2-8(9)13/h2-3H,4H2,1H3,(H,14,16)(H,15,17). The van der Waals surface area contributed by atoms with Crippen LogP contribution in [0.25, 0.3) is 0 Å². The third-order valence-corrected chi connectivity index (χ3v) is 2.39. The molecule has 0 aliphatic rings. The van der Waals surface area contributed by atoms with Gasteiger partial charge in [-0.1, -0.05) is 0 Å². The lowest BCUT2D eigenvalue weighted by Crippen LogP contribution is -2.31. The average molecular weight is 307 g/mol. The molecule has 0 aliphatic carbocycles. The lowest BCUT2D eigenvalue weighted by Gasteiger charge is -2.07. The normalized spacial score (nSPS) is 9.88. The monoisotopic (exact) mass is 306 g/mol. The number of halogens is 3. The number of carbonyl (C=O) groups excluding carboxylic acids is 2. The summed E-state index contributed by atoms with van der Waals surface area (Å²) >= 11 is 2.81. The molecule has 0 fully saturated rings. The molecule has 0 aromatic heterocycles. The van der Waals surface area contributed by atoms with Gasteiger partial charge in [0.2, 0.25) is 11.8 Å². The Hall–Kier alpha value is -1.50. The largest absolute Gasteiger partial charge is 0.347 e. The van der Waals surface area contributed by atoms with Crippen molar-refractivity contribution < 1.29 is 18.4 Å². The number of hydrogen-bond donors (Lipinski definition) is 2. The van der Waals surface area contributed by atoms with E-state index in [-0.39, 0.29) is 22.6 Å². The predicted octanol–water partition coefficient (Wildman–Crippen LogP) is 1.80. The Morgan fingerprint density at radius 1 is 1.29 bits per heavy atom. The number of nitrogens with one attached hydrogen (secondary N) is 2. The highest BCUT2D eigenvalue weighted by atomic mass is 79.9. The molecule has 0 unspecified atom stereocenters. The first-order valence-electron chi connectivity index (χ1n) is 4.59. The van der Waals surface area contributed by atoms with Crippen LogP contribution in [0.2, 0.25) is 0 Å². The van der Waals surface area contributed by atoms with Gasteiger partial charge in [0.15, 0.2) is 0 Å². The van der Waals surface area contributed by atoms with Gasteiger partial charge in [0.05, 0.1) is 16.7 Å². The van der Waals surface area contributed by atoms with E-state index in [9.17, 15) is 18.4 Å². The van der Waals surface area contributed by atoms with E-state index < -0.39 is 17.5 Å². The summed E-state index contributed by atoms with van der Waals surface area (Å²) in [6.07, 6.45) is 0. The first-order valence-corrected chi connectivity index (χ1v) is 5.38. The minimum atomic E-state index is -0.769. The SMILES string of the molecule is CC(=O)NCC(=O)Nc1cc(F)c(Br)cc1F. The molecule has 2 N–H and O–H groups in total. The Labute approximate surface area is 105 Å². The van der Waals surface area contributed by atoms with Crippen LogP contribution in [0, 0.1) is 11.6 Å². The molecule has 17 heavy (non-hydrogen) atoms. The second-order valence-electron chi connectivity index (χ2n) is 3.20. The molecule has 92 valence electrons. The lowest BCUT2D eigenvalue weighted by molar-refractivity contribution is -0.122. The first-order chi connectivity index (χ1) is 7.90. The summed E-state index contributed by atoms with van der Waals surface area (Å²) in [5.74, 6) is -2.49. The number of benzene rings is 1. The van der Waals surface area contributed by atoms with Crippen molar-refractivity contribution in [2.45, 2.75) is 6.92 Å². The van der Waals surface area contributed by atoms with Gasteiger partial charge in [0.1, 0.15) is 11.6 Å². The predicted molar refractivity (Wildman–Crippen MR) is 61.4 cm³/mol. The molecule has 0 heterocycles. The zero-order valence-corrected chi connectivity index (χ0v) is 10.4. The fourth-order valence-electron chi connectivity index (χ4n) is 1.02. The molecule has 1 aromatic carbocycles. The van der Waals surface area contributed by atoms with Crippen molar-refractivity contribution in [3.63, 3.8) is 0 Å². The summed E-state index contributed by atoms with van der Waals surface area (Å²) in [6.45, 7) is 0.944. The lowest BCUT2D eigenvalue weighted by atomic mass is 10.3. The Balaban J connectivity index is 2.71. The molecule has 7 heteroatoms. The summed E-state index contributed by atoms with van der Waals surface area (Å²) in [7, 11) is 0. The Kier molecular flexibility index (Phi) is 4.56. The van der Waals surface area contributed by atoms with Crippen LogP contribution in [-0.2, 0) is 9.59 Å². The van der Waals surface area contributed by atoms with Crippen LogP contribution in [0.3, 0.4) is 0 Å². The molecule has 0 saturated carbocycles.